The molecule has 10 fully saturated rings. The van der Waals surface area contributed by atoms with Crippen molar-refractivity contribution in [3.05, 3.63) is 0 Å². The van der Waals surface area contributed by atoms with Crippen molar-refractivity contribution in [3.8, 4) is 0 Å². The molecule has 10 rings (SSSR count). The predicted molar refractivity (Wildman–Crippen MR) is 491 cm³/mol. The lowest BCUT2D eigenvalue weighted by atomic mass is 9.86. The third-order valence-electron chi connectivity index (χ3n) is 25.2. The highest BCUT2D eigenvalue weighted by molar-refractivity contribution is 5.84. The Hall–Kier alpha value is -3.58. The molecule has 14 heteroatoms. The Bertz CT molecular complexity index is 2350. The maximum atomic E-state index is 5.23. The second kappa shape index (κ2) is 62.6. The van der Waals surface area contributed by atoms with Crippen LogP contribution in [0.5, 0.6) is 0 Å². The summed E-state index contributed by atoms with van der Waals surface area (Å²) in [5.74, 6) is 10.9. The quantitative estimate of drug-likeness (QED) is 0.0346. The van der Waals surface area contributed by atoms with E-state index in [-0.39, 0.29) is 0 Å². The average molecular weight is 1550 g/mol. The molecule has 8 saturated carbocycles. The van der Waals surface area contributed by atoms with E-state index < -0.39 is 0 Å². The van der Waals surface area contributed by atoms with Gasteiger partial charge in [0.25, 0.3) is 0 Å². The van der Waals surface area contributed by atoms with E-state index in [0.29, 0.717) is 60.2 Å². The number of rotatable bonds is 28. The number of likely N-dealkylation sites (tertiary alicyclic amines) is 2. The maximum absolute atomic E-state index is 5.23. The molecule has 0 atom stereocenters. The van der Waals surface area contributed by atoms with E-state index in [1.807, 2.05) is 0 Å². The number of amidine groups is 4. The largest absolute Gasteiger partial charge is 0.372 e. The lowest BCUT2D eigenvalue weighted by molar-refractivity contribution is 0.312. The second-order valence-electron chi connectivity index (χ2n) is 38.0. The van der Waals surface area contributed by atoms with E-state index >= 15 is 0 Å². The van der Waals surface area contributed by atoms with Gasteiger partial charge in [0.05, 0.1) is 41.5 Å². The summed E-state index contributed by atoms with van der Waals surface area (Å²) in [6, 6.07) is 4.79. The molecule has 10 aliphatic rings. The molecule has 2 heterocycles. The highest BCUT2D eigenvalue weighted by Crippen LogP contribution is 2.31. The molecular formula is C97H188N14. The minimum absolute atomic E-state index is 0.405. The van der Waals surface area contributed by atoms with Crippen LogP contribution in [0, 0.1) is 23.7 Å². The Labute approximate surface area is 689 Å². The summed E-state index contributed by atoms with van der Waals surface area (Å²) in [6.07, 6.45) is 77.1. The normalized spacial score (nSPS) is 21.6. The minimum atomic E-state index is 0.405. The first-order valence-electron chi connectivity index (χ1n) is 49.4. The summed E-state index contributed by atoms with van der Waals surface area (Å²) in [7, 11) is 4.44. The molecule has 2 saturated heterocycles. The zero-order valence-corrected chi connectivity index (χ0v) is 76.4. The number of nitrogens with zero attached hydrogens (tertiary/aromatic N) is 10. The van der Waals surface area contributed by atoms with E-state index in [2.05, 4.69) is 143 Å². The number of piperidine rings is 1. The van der Waals surface area contributed by atoms with Crippen molar-refractivity contribution < 1.29 is 0 Å². The van der Waals surface area contributed by atoms with Crippen molar-refractivity contribution >= 4 is 35.3 Å². The van der Waals surface area contributed by atoms with Crippen molar-refractivity contribution in [2.24, 2.45) is 53.6 Å². The van der Waals surface area contributed by atoms with Crippen molar-refractivity contribution in [2.45, 2.75) is 497 Å². The van der Waals surface area contributed by atoms with Crippen LogP contribution in [0.3, 0.4) is 0 Å². The van der Waals surface area contributed by atoms with E-state index in [9.17, 15) is 0 Å². The van der Waals surface area contributed by atoms with E-state index in [0.717, 1.165) is 44.3 Å². The van der Waals surface area contributed by atoms with Gasteiger partial charge in [-0.1, -0.05) is 261 Å². The lowest BCUT2D eigenvalue weighted by Crippen LogP contribution is -2.49. The molecule has 0 aromatic rings. The van der Waals surface area contributed by atoms with Gasteiger partial charge in [-0.25, -0.2) is 9.98 Å². The first kappa shape index (κ1) is 98.0. The summed E-state index contributed by atoms with van der Waals surface area (Å²) in [5, 5.41) is 14.9. The first-order chi connectivity index (χ1) is 54.0. The van der Waals surface area contributed by atoms with Gasteiger partial charge < -0.3 is 40.9 Å². The van der Waals surface area contributed by atoms with Crippen LogP contribution < -0.4 is 21.3 Å². The Balaban J connectivity index is 0.000000240. The van der Waals surface area contributed by atoms with Crippen LogP contribution in [0.1, 0.15) is 449 Å². The van der Waals surface area contributed by atoms with Crippen LogP contribution in [0.25, 0.3) is 0 Å². The zero-order valence-electron chi connectivity index (χ0n) is 76.4. The number of hydrogen-bond donors (Lipinski definition) is 4. The van der Waals surface area contributed by atoms with Crippen molar-refractivity contribution in [1.82, 2.24) is 40.9 Å². The van der Waals surface area contributed by atoms with Gasteiger partial charge in [0.15, 0.2) is 11.9 Å². The van der Waals surface area contributed by atoms with Gasteiger partial charge in [-0.05, 0) is 186 Å². The summed E-state index contributed by atoms with van der Waals surface area (Å²) >= 11 is 0. The molecular weight excluding hydrogens is 1360 g/mol. The second-order valence-corrected chi connectivity index (χ2v) is 38.0. The molecule has 14 nitrogen and oxygen atoms in total. The minimum Gasteiger partial charge on any atom is -0.372 e. The predicted octanol–water partition coefficient (Wildman–Crippen LogP) is 25.1. The maximum Gasteiger partial charge on any atom is 0.194 e. The van der Waals surface area contributed by atoms with Gasteiger partial charge in [0.2, 0.25) is 0 Å². The lowest BCUT2D eigenvalue weighted by Gasteiger charge is -2.35. The van der Waals surface area contributed by atoms with Crippen molar-refractivity contribution in [2.75, 3.05) is 66.5 Å². The van der Waals surface area contributed by atoms with Crippen LogP contribution in [0.15, 0.2) is 30.0 Å². The van der Waals surface area contributed by atoms with Crippen LogP contribution in [0.2, 0.25) is 0 Å². The molecule has 4 N–H and O–H groups in total. The molecule has 0 spiro atoms. The van der Waals surface area contributed by atoms with E-state index in [1.165, 1.54) is 421 Å². The fourth-order valence-electron chi connectivity index (χ4n) is 18.4. The van der Waals surface area contributed by atoms with E-state index in [4.69, 9.17) is 25.0 Å². The number of hydrogen-bond acceptors (Lipinski definition) is 6. The highest BCUT2D eigenvalue weighted by atomic mass is 15.3. The van der Waals surface area contributed by atoms with Crippen molar-refractivity contribution in [3.63, 3.8) is 0 Å². The Kier molecular flexibility index (Phi) is 55.3. The number of nitrogens with one attached hydrogen (secondary N) is 4. The smallest absolute Gasteiger partial charge is 0.194 e. The van der Waals surface area contributed by atoms with Crippen molar-refractivity contribution in [1.29, 1.82) is 0 Å². The fourth-order valence-corrected chi connectivity index (χ4v) is 18.4. The Morgan fingerprint density at radius 3 is 1.04 bits per heavy atom. The number of guanidine groups is 2. The Morgan fingerprint density at radius 1 is 0.342 bits per heavy atom. The molecule has 111 heavy (non-hydrogen) atoms. The monoisotopic (exact) mass is 1550 g/mol. The van der Waals surface area contributed by atoms with Gasteiger partial charge in [0.1, 0.15) is 0 Å². The van der Waals surface area contributed by atoms with E-state index in [1.54, 1.807) is 0 Å². The molecule has 0 unspecified atom stereocenters. The van der Waals surface area contributed by atoms with Gasteiger partial charge >= 0.3 is 0 Å². The fraction of sp³-hybridized carbons (Fsp3) is 0.938. The molecule has 0 bridgehead atoms. The Morgan fingerprint density at radius 2 is 0.667 bits per heavy atom. The standard InChI is InChI=1S/C19H36N2.C18H33N3.C18H34N2.C17H31N3.C13H28N2.C12H26N2/c1-3-4-15-21(2)19(16-17-11-7-5-8-12-17)20-18-13-9-6-10-14-18;1-4-10-16(11-5-1)19-18(21-14-8-3-9-15-21)20-17-12-6-2-7-13-17;1-2-3-14-19-18(15-16-10-6-4-7-11-16)20-17-12-8-5-9-13-17;1-3-9-15(10-4-1)18-17(20-13-7-8-14-20)19-16-11-5-2-6-12-16;1-7-8-9-15(6)13(10-11(2)3)14-12(4)5;1-6-7-8-13-12(9-10(2)3)14-11(4)5/h17-18H,3-16H2,1-2H3;16-17H,1-15H2,(H,19,20);16-17H,2-15H2,1H3,(H,19,20);15-16H,1-14H2,(H,18,19);11-12H,7-10H2,1-6H3;10-11H,6-9H2,1-5H3,(H,13,14). The molecule has 646 valence electrons. The number of unbranched alkanes of at least 4 members (excludes halogenated alkanes) is 4. The average Bonchev–Trinajstić information content (AvgIpc) is 1.72. The molecule has 8 aliphatic carbocycles. The first-order valence-corrected chi connectivity index (χ1v) is 49.4. The molecule has 2 aliphatic heterocycles. The van der Waals surface area contributed by atoms with Gasteiger partial charge in [-0.2, -0.15) is 0 Å². The third kappa shape index (κ3) is 46.8. The molecule has 0 aromatic carbocycles. The van der Waals surface area contributed by atoms with Gasteiger partial charge in [-0.3, -0.25) is 20.0 Å². The summed E-state index contributed by atoms with van der Waals surface area (Å²) in [4.78, 5) is 39.6. The SMILES string of the molecule is C1CCC(N=C(NC2CCCCC2)N2CCCC2)CC1.C1CCC(N=C(NC2CCCCC2)N2CCCCC2)CC1.CCCCN(C)C(CC(C)C)=NC(C)C.CCCCN(C)C(CC1CCCCC1)=NC1CCCCC1.CCCCN=C(CC(C)C)NC(C)C.CCCCN=C(CC1CCCCC1)NC1CCCCC1. The third-order valence-corrected chi connectivity index (χ3v) is 25.2. The zero-order chi connectivity index (χ0) is 79.7. The molecule has 0 radical (unpaired) electrons. The summed E-state index contributed by atoms with van der Waals surface area (Å²) in [6.45, 7) is 35.7. The molecule has 0 amide bonds. The van der Waals surface area contributed by atoms with Crippen LogP contribution in [0.4, 0.5) is 0 Å². The summed E-state index contributed by atoms with van der Waals surface area (Å²) in [5.41, 5.74) is 0. The highest BCUT2D eigenvalue weighted by Gasteiger charge is 2.27. The number of aliphatic imine (C=N–C) groups is 6. The summed E-state index contributed by atoms with van der Waals surface area (Å²) < 4.78 is 0. The molecule has 0 aromatic heterocycles. The van der Waals surface area contributed by atoms with Crippen LogP contribution in [-0.4, -0.2) is 170 Å². The van der Waals surface area contributed by atoms with Crippen LogP contribution >= 0.6 is 0 Å². The van der Waals surface area contributed by atoms with Gasteiger partial charge in [-0.15, -0.1) is 0 Å². The topological polar surface area (TPSA) is 135 Å². The van der Waals surface area contributed by atoms with Crippen LogP contribution in [-0.2, 0) is 0 Å². The van der Waals surface area contributed by atoms with Gasteiger partial charge in [0, 0.05) is 122 Å².